The Hall–Kier alpha value is -10.1. The molecule has 5 heterocycles. The zero-order chi connectivity index (χ0) is 70.6. The van der Waals surface area contributed by atoms with Crippen molar-refractivity contribution in [1.82, 2.24) is 36.1 Å². The van der Waals surface area contributed by atoms with Crippen LogP contribution in [0.1, 0.15) is 111 Å². The fourth-order valence-electron chi connectivity index (χ4n) is 11.9. The largest absolute Gasteiger partial charge is 0.497 e. The fraction of sp³-hybridized carbons (Fsp3) is 0.417. The number of ether oxygens (including phenoxy) is 7. The molecule has 0 saturated carbocycles. The maximum atomic E-state index is 13.9. The van der Waals surface area contributed by atoms with Gasteiger partial charge in [-0.2, -0.15) is 0 Å². The van der Waals surface area contributed by atoms with Gasteiger partial charge in [-0.15, -0.1) is 0 Å². The van der Waals surface area contributed by atoms with Gasteiger partial charge in [0.05, 0.1) is 101 Å². The number of hydrogen-bond acceptors (Lipinski definition) is 18. The summed E-state index contributed by atoms with van der Waals surface area (Å²) in [6.07, 6.45) is 1.76. The molecule has 0 radical (unpaired) electrons. The van der Waals surface area contributed by atoms with E-state index in [2.05, 4.69) is 38.0 Å². The van der Waals surface area contributed by atoms with Crippen molar-refractivity contribution in [3.63, 3.8) is 0 Å². The van der Waals surface area contributed by atoms with E-state index in [-0.39, 0.29) is 133 Å². The summed E-state index contributed by atoms with van der Waals surface area (Å²) < 4.78 is 40.2. The smallest absolute Gasteiger partial charge is 0.407 e. The lowest BCUT2D eigenvalue weighted by Crippen LogP contribution is -2.54. The first-order valence-electron chi connectivity index (χ1n) is 33.1. The summed E-state index contributed by atoms with van der Waals surface area (Å²) in [7, 11) is 1.52. The Kier molecular flexibility index (Phi) is 25.8. The number of nitrogens with zero attached hydrogens (tertiary/aromatic N) is 3. The standard InChI is InChI=1S/C72H86N10O17/c1-6-72(92)56-38-60-65-54(41-82(60)68(88)55(56)43-98-69(72)89)53(52-37-50(93-5)21-22-57(52)78-65)39-76-71(91)99-42-46-17-19-49(20-18-46)77-66(86)58(15-11-26-75-70(73)90)79-67(87)64(44(2)3)80-62(84)25-28-94-30-32-96-34-35-97-33-31-95-29-27-74-61(83)23-24-63(85)81-40-48-13-8-7-12-47(48)36-45(4)51-14-9-10-16-59(51)81/h7-10,12-14,16-22,36-38,44,58,64,92H,6,11,15,23-35,39-43H2,1-5H3,(H,74,83)(H,76,91)(H,77,86)(H,79,87)(H,80,84)(H3,73,75,90)/b45-36-/t58-,64-,72-/m0/s1. The molecule has 3 aliphatic rings. The molecular formula is C72H86N10O17. The number of methoxy groups -OCH3 is 1. The number of aliphatic hydroxyl groups is 1. The molecule has 27 nitrogen and oxygen atoms in total. The predicted molar refractivity (Wildman–Crippen MR) is 366 cm³/mol. The fourth-order valence-corrected chi connectivity index (χ4v) is 11.9. The number of nitrogens with two attached hydrogens (primary N) is 1. The number of amides is 8. The first kappa shape index (κ1) is 73.2. The maximum Gasteiger partial charge on any atom is 0.407 e. The normalized spacial score (nSPS) is 15.4. The lowest BCUT2D eigenvalue weighted by atomic mass is 9.86. The quantitative estimate of drug-likeness (QED) is 0.0170. The molecule has 9 N–H and O–H groups in total. The Balaban J connectivity index is 0.651. The van der Waals surface area contributed by atoms with Crippen LogP contribution in [0.25, 0.3) is 33.9 Å². The highest BCUT2D eigenvalue weighted by Crippen LogP contribution is 2.41. The average molecular weight is 1360 g/mol. The summed E-state index contributed by atoms with van der Waals surface area (Å²) in [6, 6.07) is 26.3. The number of para-hydroxylation sites is 1. The minimum absolute atomic E-state index is 0.0156. The number of esters is 1. The molecule has 9 rings (SSSR count). The zero-order valence-electron chi connectivity index (χ0n) is 56.3. The molecule has 0 bridgehead atoms. The molecule has 3 aliphatic heterocycles. The third-order valence-corrected chi connectivity index (χ3v) is 17.3. The van der Waals surface area contributed by atoms with Crippen LogP contribution in [0.4, 0.5) is 21.0 Å². The third kappa shape index (κ3) is 19.0. The van der Waals surface area contributed by atoms with Crippen molar-refractivity contribution < 1.29 is 76.6 Å². The van der Waals surface area contributed by atoms with Crippen molar-refractivity contribution in [2.45, 2.75) is 117 Å². The second-order valence-corrected chi connectivity index (χ2v) is 24.4. The zero-order valence-corrected chi connectivity index (χ0v) is 56.3. The number of urea groups is 1. The number of fused-ring (bicyclic) bond motifs is 7. The van der Waals surface area contributed by atoms with E-state index in [1.165, 1.54) is 11.7 Å². The van der Waals surface area contributed by atoms with Crippen molar-refractivity contribution >= 4 is 81.6 Å². The van der Waals surface area contributed by atoms with Crippen LogP contribution >= 0.6 is 0 Å². The van der Waals surface area contributed by atoms with E-state index in [1.54, 1.807) is 74.2 Å². The van der Waals surface area contributed by atoms with Crippen molar-refractivity contribution in [1.29, 1.82) is 0 Å². The molecule has 526 valence electrons. The number of rotatable bonds is 34. The van der Waals surface area contributed by atoms with Gasteiger partial charge in [-0.1, -0.05) is 81.4 Å². The van der Waals surface area contributed by atoms with E-state index in [9.17, 15) is 48.3 Å². The van der Waals surface area contributed by atoms with Crippen LogP contribution in [0.5, 0.6) is 5.75 Å². The molecule has 99 heavy (non-hydrogen) atoms. The third-order valence-electron chi connectivity index (χ3n) is 17.3. The molecule has 0 saturated heterocycles. The number of pyridine rings is 2. The van der Waals surface area contributed by atoms with Gasteiger partial charge in [0.2, 0.25) is 29.5 Å². The lowest BCUT2D eigenvalue weighted by Gasteiger charge is -2.31. The van der Waals surface area contributed by atoms with E-state index < -0.39 is 59.1 Å². The van der Waals surface area contributed by atoms with Crippen LogP contribution in [0.2, 0.25) is 0 Å². The topological polar surface area (TPSA) is 358 Å². The number of cyclic esters (lactones) is 1. The highest BCUT2D eigenvalue weighted by Gasteiger charge is 2.46. The van der Waals surface area contributed by atoms with Crippen LogP contribution in [0.3, 0.4) is 0 Å². The Labute approximate surface area is 572 Å². The van der Waals surface area contributed by atoms with Gasteiger partial charge in [0.1, 0.15) is 31.0 Å². The summed E-state index contributed by atoms with van der Waals surface area (Å²) in [4.78, 5) is 125. The van der Waals surface area contributed by atoms with Crippen molar-refractivity contribution in [2.75, 3.05) is 83.3 Å². The highest BCUT2D eigenvalue weighted by atomic mass is 16.6. The maximum absolute atomic E-state index is 13.9. The highest BCUT2D eigenvalue weighted by molar-refractivity contribution is 6.01. The average Bonchev–Trinajstić information content (AvgIpc) is 1.60. The number of allylic oxidation sites excluding steroid dienone is 1. The van der Waals surface area contributed by atoms with Crippen molar-refractivity contribution in [2.24, 2.45) is 11.7 Å². The van der Waals surface area contributed by atoms with Gasteiger partial charge in [0.15, 0.2) is 5.60 Å². The van der Waals surface area contributed by atoms with E-state index in [0.717, 1.165) is 28.0 Å². The lowest BCUT2D eigenvalue weighted by molar-refractivity contribution is -0.172. The summed E-state index contributed by atoms with van der Waals surface area (Å²) in [5, 5.41) is 28.5. The molecule has 0 unspecified atom stereocenters. The minimum Gasteiger partial charge on any atom is -0.497 e. The van der Waals surface area contributed by atoms with Crippen LogP contribution in [0.15, 0.2) is 102 Å². The molecule has 0 spiro atoms. The van der Waals surface area contributed by atoms with E-state index in [0.29, 0.717) is 83.4 Å². The second-order valence-electron chi connectivity index (χ2n) is 24.4. The SMILES string of the molecule is CC[C@@]1(O)C(=O)OCc2c1cc1n(c2=O)Cc2c-1nc1ccc(OC)cc1c2CNC(=O)OCc1ccc(NC(=O)[C@H](CCCNC(N)=O)NC(=O)[C@@H](NC(=O)CCOCCOCCOCCOCCNC(=O)CCC(=O)N2Cc3ccccc3/C=C(/C)c3ccccc32)C(C)C)cc1. The van der Waals surface area contributed by atoms with E-state index in [1.807, 2.05) is 55.5 Å². The van der Waals surface area contributed by atoms with Gasteiger partial charge in [0.25, 0.3) is 5.56 Å². The van der Waals surface area contributed by atoms with Gasteiger partial charge < -0.3 is 85.4 Å². The molecule has 0 aliphatic carbocycles. The van der Waals surface area contributed by atoms with Gasteiger partial charge in [0, 0.05) is 66.7 Å². The number of nitrogens with one attached hydrogen (secondary N) is 6. The molecule has 4 aromatic carbocycles. The van der Waals surface area contributed by atoms with Crippen molar-refractivity contribution in [3.8, 4) is 17.1 Å². The molecule has 3 atom stereocenters. The monoisotopic (exact) mass is 1360 g/mol. The van der Waals surface area contributed by atoms with Gasteiger partial charge in [-0.05, 0) is 102 Å². The molecular weight excluding hydrogens is 1280 g/mol. The van der Waals surface area contributed by atoms with Gasteiger partial charge in [-0.25, -0.2) is 19.4 Å². The van der Waals surface area contributed by atoms with Crippen LogP contribution in [-0.2, 0) is 95.6 Å². The number of carbonyl (C=O) groups is 8. The van der Waals surface area contributed by atoms with E-state index >= 15 is 0 Å². The predicted octanol–water partition coefficient (Wildman–Crippen LogP) is 5.99. The first-order valence-corrected chi connectivity index (χ1v) is 33.1. The summed E-state index contributed by atoms with van der Waals surface area (Å²) in [5.74, 6) is -2.69. The summed E-state index contributed by atoms with van der Waals surface area (Å²) >= 11 is 0. The molecule has 0 fully saturated rings. The number of alkyl carbamates (subject to hydrolysis) is 1. The van der Waals surface area contributed by atoms with Gasteiger partial charge >= 0.3 is 18.1 Å². The minimum atomic E-state index is -2.01. The number of carbonyl (C=O) groups excluding carboxylic acids is 8. The first-order chi connectivity index (χ1) is 47.8. The molecule has 27 heteroatoms. The van der Waals surface area contributed by atoms with Crippen LogP contribution in [0, 0.1) is 5.92 Å². The second kappa shape index (κ2) is 34.9. The molecule has 2 aromatic heterocycles. The Morgan fingerprint density at radius 2 is 1.45 bits per heavy atom. The number of aromatic nitrogens is 2. The number of benzene rings is 4. The van der Waals surface area contributed by atoms with Gasteiger partial charge in [-0.3, -0.25) is 28.8 Å². The molecule has 8 amide bonds. The van der Waals surface area contributed by atoms with Crippen LogP contribution in [-0.4, -0.2) is 147 Å². The Bertz CT molecular complexity index is 4030. The summed E-state index contributed by atoms with van der Waals surface area (Å²) in [5.41, 5.74) is 11.7. The van der Waals surface area contributed by atoms with Crippen LogP contribution < -0.4 is 52.8 Å². The van der Waals surface area contributed by atoms with E-state index in [4.69, 9.17) is 43.9 Å². The summed E-state index contributed by atoms with van der Waals surface area (Å²) in [6.45, 7) is 9.54. The Morgan fingerprint density at radius 1 is 0.747 bits per heavy atom. The molecule has 6 aromatic rings. The van der Waals surface area contributed by atoms with Crippen molar-refractivity contribution in [3.05, 3.63) is 152 Å². The number of primary amides is 1. The Morgan fingerprint density at radius 3 is 2.17 bits per heavy atom. The number of hydrogen-bond donors (Lipinski definition) is 8. The number of anilines is 2.